The highest BCUT2D eigenvalue weighted by Gasteiger charge is 2.26. The monoisotopic (exact) mass is 145 g/mol. The first-order valence-corrected chi connectivity index (χ1v) is 3.31. The lowest BCUT2D eigenvalue weighted by atomic mass is 10.1. The molecule has 0 atom stereocenters. The molecule has 0 aromatic heterocycles. The first-order chi connectivity index (χ1) is 5.29. The Kier molecular flexibility index (Phi) is 1.15. The van der Waals surface area contributed by atoms with E-state index < -0.39 is 0 Å². The van der Waals surface area contributed by atoms with E-state index in [0.717, 1.165) is 6.42 Å². The maximum atomic E-state index is 11.0. The molecule has 0 unspecified atom stereocenters. The molecule has 11 heavy (non-hydrogen) atoms. The third kappa shape index (κ3) is 0.792. The number of rotatable bonds is 0. The van der Waals surface area contributed by atoms with E-state index in [4.69, 9.17) is 0 Å². The van der Waals surface area contributed by atoms with Gasteiger partial charge in [-0.3, -0.25) is 9.59 Å². The normalized spacial score (nSPS) is 15.3. The first kappa shape index (κ1) is 6.28. The topological polar surface area (TPSA) is 34.1 Å². The van der Waals surface area contributed by atoms with Crippen LogP contribution in [-0.4, -0.2) is 11.6 Å². The van der Waals surface area contributed by atoms with Crippen LogP contribution in [0, 0.1) is 6.42 Å². The van der Waals surface area contributed by atoms with Crippen molar-refractivity contribution < 1.29 is 9.59 Å². The van der Waals surface area contributed by atoms with Crippen LogP contribution in [0.2, 0.25) is 0 Å². The molecule has 0 bridgehead atoms. The van der Waals surface area contributed by atoms with Gasteiger partial charge in [-0.2, -0.15) is 0 Å². The molecule has 0 amide bonds. The van der Waals surface area contributed by atoms with Crippen LogP contribution in [0.4, 0.5) is 0 Å². The highest BCUT2D eigenvalue weighted by Crippen LogP contribution is 2.19. The van der Waals surface area contributed by atoms with Gasteiger partial charge in [0.25, 0.3) is 0 Å². The number of carbonyl (C=O) groups excluding carboxylic acids is 2. The fraction of sp³-hybridized carbons (Fsp3) is 0. The van der Waals surface area contributed by atoms with Crippen molar-refractivity contribution >= 4 is 11.6 Å². The zero-order valence-electron chi connectivity index (χ0n) is 5.70. The lowest BCUT2D eigenvalue weighted by Crippen LogP contribution is -1.92. The molecule has 0 heterocycles. The van der Waals surface area contributed by atoms with Gasteiger partial charge in [-0.05, 0) is 0 Å². The smallest absolute Gasteiger partial charge is 0.175 e. The number of ketones is 2. The van der Waals surface area contributed by atoms with Crippen LogP contribution in [0.3, 0.4) is 0 Å². The van der Waals surface area contributed by atoms with Crippen LogP contribution in [0.5, 0.6) is 0 Å². The minimum Gasteiger partial charge on any atom is -0.293 e. The Morgan fingerprint density at radius 3 is 1.73 bits per heavy atom. The van der Waals surface area contributed by atoms with Gasteiger partial charge in [0.1, 0.15) is 6.42 Å². The Hall–Kier alpha value is -1.44. The number of Topliss-reactive ketones (excluding diaryl/α,β-unsaturated/α-hetero) is 2. The third-order valence-corrected chi connectivity index (χ3v) is 1.72. The van der Waals surface area contributed by atoms with Crippen molar-refractivity contribution in [1.82, 2.24) is 0 Å². The van der Waals surface area contributed by atoms with E-state index in [1.165, 1.54) is 0 Å². The van der Waals surface area contributed by atoms with Gasteiger partial charge in [-0.1, -0.05) is 24.3 Å². The molecule has 0 saturated carbocycles. The Bertz CT molecular complexity index is 306. The largest absolute Gasteiger partial charge is 0.293 e. The van der Waals surface area contributed by atoms with Crippen molar-refractivity contribution in [1.29, 1.82) is 0 Å². The SMILES string of the molecule is O=C1[CH]C(=O)c2ccccc21. The lowest BCUT2D eigenvalue weighted by molar-refractivity contribution is 0.0983. The number of hydrogen-bond acceptors (Lipinski definition) is 2. The molecule has 0 aliphatic heterocycles. The quantitative estimate of drug-likeness (QED) is 0.551. The van der Waals surface area contributed by atoms with E-state index in [1.54, 1.807) is 24.3 Å². The average Bonchev–Trinajstić information content (AvgIpc) is 2.30. The third-order valence-electron chi connectivity index (χ3n) is 1.72. The van der Waals surface area contributed by atoms with Crippen molar-refractivity contribution in [2.24, 2.45) is 0 Å². The standard InChI is InChI=1S/C9H5O2/c10-8-5-9(11)7-4-2-1-3-6(7)8/h1-5H. The summed E-state index contributed by atoms with van der Waals surface area (Å²) in [6.45, 7) is 0. The van der Waals surface area contributed by atoms with Crippen molar-refractivity contribution in [3.63, 3.8) is 0 Å². The van der Waals surface area contributed by atoms with E-state index in [9.17, 15) is 9.59 Å². The van der Waals surface area contributed by atoms with Crippen molar-refractivity contribution in [2.75, 3.05) is 0 Å². The summed E-state index contributed by atoms with van der Waals surface area (Å²) in [6, 6.07) is 6.84. The van der Waals surface area contributed by atoms with Gasteiger partial charge in [0, 0.05) is 11.1 Å². The summed E-state index contributed by atoms with van der Waals surface area (Å²) in [5, 5.41) is 0. The molecule has 2 heteroatoms. The molecule has 1 aliphatic rings. The second kappa shape index (κ2) is 2.02. The molecule has 1 aromatic carbocycles. The van der Waals surface area contributed by atoms with Crippen LogP contribution >= 0.6 is 0 Å². The minimum atomic E-state index is -0.175. The summed E-state index contributed by atoms with van der Waals surface area (Å²) in [6.07, 6.45) is 1.13. The predicted molar refractivity (Wildman–Crippen MR) is 39.4 cm³/mol. The second-order valence-corrected chi connectivity index (χ2v) is 2.42. The van der Waals surface area contributed by atoms with E-state index in [2.05, 4.69) is 0 Å². The Morgan fingerprint density at radius 1 is 0.818 bits per heavy atom. The van der Waals surface area contributed by atoms with Crippen molar-refractivity contribution in [3.05, 3.63) is 41.8 Å². The Balaban J connectivity index is 2.69. The van der Waals surface area contributed by atoms with Gasteiger partial charge in [-0.15, -0.1) is 0 Å². The number of carbonyl (C=O) groups is 2. The lowest BCUT2D eigenvalue weighted by Gasteiger charge is -1.90. The van der Waals surface area contributed by atoms with Crippen LogP contribution in [0.1, 0.15) is 20.7 Å². The van der Waals surface area contributed by atoms with Crippen LogP contribution in [0.15, 0.2) is 24.3 Å². The van der Waals surface area contributed by atoms with E-state index >= 15 is 0 Å². The van der Waals surface area contributed by atoms with Crippen LogP contribution in [-0.2, 0) is 0 Å². The summed E-state index contributed by atoms with van der Waals surface area (Å²) >= 11 is 0. The van der Waals surface area contributed by atoms with Gasteiger partial charge in [0.05, 0.1) is 0 Å². The molecule has 0 fully saturated rings. The zero-order chi connectivity index (χ0) is 7.84. The summed E-state index contributed by atoms with van der Waals surface area (Å²) < 4.78 is 0. The highest BCUT2D eigenvalue weighted by molar-refractivity contribution is 6.32. The van der Waals surface area contributed by atoms with Crippen molar-refractivity contribution in [2.45, 2.75) is 0 Å². The summed E-state index contributed by atoms with van der Waals surface area (Å²) in [5.74, 6) is -0.351. The van der Waals surface area contributed by atoms with Gasteiger partial charge in [0.15, 0.2) is 11.6 Å². The molecule has 0 N–H and O–H groups in total. The molecule has 1 aliphatic carbocycles. The van der Waals surface area contributed by atoms with Crippen molar-refractivity contribution in [3.8, 4) is 0 Å². The summed E-state index contributed by atoms with van der Waals surface area (Å²) in [7, 11) is 0. The van der Waals surface area contributed by atoms with E-state index in [-0.39, 0.29) is 11.6 Å². The maximum absolute atomic E-state index is 11.0. The highest BCUT2D eigenvalue weighted by atomic mass is 16.2. The van der Waals surface area contributed by atoms with Gasteiger partial charge in [-0.25, -0.2) is 0 Å². The molecule has 53 valence electrons. The van der Waals surface area contributed by atoms with E-state index in [1.807, 2.05) is 0 Å². The summed E-state index contributed by atoms with van der Waals surface area (Å²) in [5.41, 5.74) is 1.05. The van der Waals surface area contributed by atoms with Crippen LogP contribution in [0.25, 0.3) is 0 Å². The molecule has 2 rings (SSSR count). The number of fused-ring (bicyclic) bond motifs is 1. The van der Waals surface area contributed by atoms with Crippen LogP contribution < -0.4 is 0 Å². The molecule has 0 saturated heterocycles. The molecule has 1 aromatic rings. The average molecular weight is 145 g/mol. The fourth-order valence-electron chi connectivity index (χ4n) is 1.19. The predicted octanol–water partition coefficient (Wildman–Crippen LogP) is 1.27. The maximum Gasteiger partial charge on any atom is 0.175 e. The van der Waals surface area contributed by atoms with Gasteiger partial charge in [0.2, 0.25) is 0 Å². The Labute approximate surface area is 63.8 Å². The Morgan fingerprint density at radius 2 is 1.27 bits per heavy atom. The number of hydrogen-bond donors (Lipinski definition) is 0. The zero-order valence-corrected chi connectivity index (χ0v) is 5.70. The number of benzene rings is 1. The van der Waals surface area contributed by atoms with Gasteiger partial charge < -0.3 is 0 Å². The molecular weight excluding hydrogens is 140 g/mol. The molecular formula is C9H5O2. The molecule has 1 radical (unpaired) electrons. The minimum absolute atomic E-state index is 0.175. The summed E-state index contributed by atoms with van der Waals surface area (Å²) in [4.78, 5) is 22.0. The van der Waals surface area contributed by atoms with E-state index in [0.29, 0.717) is 11.1 Å². The van der Waals surface area contributed by atoms with Gasteiger partial charge >= 0.3 is 0 Å². The molecule has 0 spiro atoms. The second-order valence-electron chi connectivity index (χ2n) is 2.42. The molecule has 2 nitrogen and oxygen atoms in total. The fourth-order valence-corrected chi connectivity index (χ4v) is 1.19. The first-order valence-electron chi connectivity index (χ1n) is 3.31.